The molecule has 0 spiro atoms. The molecule has 0 radical (unpaired) electrons. The second-order valence-electron chi connectivity index (χ2n) is 4.44. The van der Waals surface area contributed by atoms with Crippen LogP contribution in [0.15, 0.2) is 23.4 Å². The van der Waals surface area contributed by atoms with Gasteiger partial charge in [0.2, 0.25) is 17.3 Å². The second kappa shape index (κ2) is 6.36. The Morgan fingerprint density at radius 3 is 2.25 bits per heavy atom. The first-order valence-electron chi connectivity index (χ1n) is 6.62. The van der Waals surface area contributed by atoms with Gasteiger partial charge in [-0.25, -0.2) is 10.1 Å². The van der Waals surface area contributed by atoms with E-state index in [1.807, 2.05) is 0 Å². The van der Waals surface area contributed by atoms with Gasteiger partial charge in [0.1, 0.15) is 0 Å². The van der Waals surface area contributed by atoms with E-state index in [9.17, 15) is 20.2 Å². The Kier molecular flexibility index (Phi) is 3.73. The molecule has 20 heteroatoms. The van der Waals surface area contributed by atoms with Crippen LogP contribution in [0.4, 0.5) is 5.82 Å². The lowest BCUT2D eigenvalue weighted by molar-refractivity contribution is -0.490. The summed E-state index contributed by atoms with van der Waals surface area (Å²) >= 11 is 0. The van der Waals surface area contributed by atoms with Crippen molar-refractivity contribution in [3.8, 4) is 34.8 Å². The zero-order valence-electron chi connectivity index (χ0n) is 12.7. The number of rotatable bonds is 6. The van der Waals surface area contributed by atoms with E-state index in [0.717, 1.165) is 0 Å². The van der Waals surface area contributed by atoms with Crippen molar-refractivity contribution >= 4 is 5.82 Å². The van der Waals surface area contributed by atoms with Crippen LogP contribution in [0.2, 0.25) is 0 Å². The minimum absolute atomic E-state index is 0.223. The van der Waals surface area contributed by atoms with Gasteiger partial charge in [-0.15, -0.1) is 5.43 Å². The predicted molar refractivity (Wildman–Crippen MR) is 73.3 cm³/mol. The molecular formula is C8HN12O8-. The van der Waals surface area contributed by atoms with E-state index in [2.05, 4.69) is 60.7 Å². The van der Waals surface area contributed by atoms with E-state index >= 15 is 0 Å². The van der Waals surface area contributed by atoms with Gasteiger partial charge in [-0.3, -0.25) is 19.9 Å². The molecule has 1 N–H and O–H groups in total. The second-order valence-corrected chi connectivity index (χ2v) is 4.44. The zero-order chi connectivity index (χ0) is 19.7. The number of nitrogens with one attached hydrogen (secondary N) is 1. The van der Waals surface area contributed by atoms with Crippen molar-refractivity contribution in [2.75, 3.05) is 0 Å². The number of aromatic amines is 1. The minimum Gasteiger partial charge on any atom is -0.348 e. The molecule has 0 amide bonds. The van der Waals surface area contributed by atoms with Crippen molar-refractivity contribution in [1.82, 2.24) is 40.9 Å². The van der Waals surface area contributed by atoms with Crippen molar-refractivity contribution in [1.29, 1.82) is 0 Å². The Bertz CT molecular complexity index is 1230. The topological polar surface area (TPSA) is 271 Å². The average Bonchev–Trinajstić information content (AvgIpc) is 3.40. The van der Waals surface area contributed by atoms with Gasteiger partial charge in [-0.2, -0.15) is 15.1 Å². The Labute approximate surface area is 147 Å². The highest BCUT2D eigenvalue weighted by molar-refractivity contribution is 5.66. The lowest BCUT2D eigenvalue weighted by Crippen LogP contribution is -2.09. The summed E-state index contributed by atoms with van der Waals surface area (Å²) in [5.41, 5.74) is 2.07. The summed E-state index contributed by atoms with van der Waals surface area (Å²) in [4.78, 5) is 28.6. The van der Waals surface area contributed by atoms with Crippen LogP contribution >= 0.6 is 0 Å². The fourth-order valence-corrected chi connectivity index (χ4v) is 1.78. The van der Waals surface area contributed by atoms with E-state index < -0.39 is 15.9 Å². The van der Waals surface area contributed by atoms with E-state index in [4.69, 9.17) is 9.05 Å². The van der Waals surface area contributed by atoms with Crippen LogP contribution in [0, 0.1) is 20.2 Å². The molecule has 0 saturated heterocycles. The molecule has 0 atom stereocenters. The fourth-order valence-electron chi connectivity index (χ4n) is 1.78. The Morgan fingerprint density at radius 1 is 0.929 bits per heavy atom. The zero-order valence-corrected chi connectivity index (χ0v) is 12.7. The van der Waals surface area contributed by atoms with E-state index in [1.54, 1.807) is 0 Å². The van der Waals surface area contributed by atoms with Gasteiger partial charge in [-0.1, -0.05) is 15.5 Å². The van der Waals surface area contributed by atoms with Crippen LogP contribution in [-0.2, 0) is 0 Å². The minimum atomic E-state index is -1.02. The Hall–Kier alpha value is -5.04. The summed E-state index contributed by atoms with van der Waals surface area (Å²) in [7, 11) is 0. The van der Waals surface area contributed by atoms with Crippen LogP contribution in [0.1, 0.15) is 0 Å². The monoisotopic (exact) mass is 393 g/mol. The number of nitro groups is 2. The highest BCUT2D eigenvalue weighted by Crippen LogP contribution is 2.29. The van der Waals surface area contributed by atoms with Gasteiger partial charge in [0.25, 0.3) is 5.49 Å². The molecule has 0 bridgehead atoms. The molecular weight excluding hydrogens is 392 g/mol. The molecule has 0 unspecified atom stereocenters. The summed E-state index contributed by atoms with van der Waals surface area (Å²) in [5, 5.41) is 41.1. The summed E-state index contributed by atoms with van der Waals surface area (Å²) in [6, 6.07) is 0. The van der Waals surface area contributed by atoms with Crippen LogP contribution in [0.25, 0.3) is 40.2 Å². The normalized spacial score (nSPS) is 11.6. The predicted octanol–water partition coefficient (Wildman–Crippen LogP) is -0.558. The maximum absolute atomic E-state index is 10.5. The first-order chi connectivity index (χ1) is 13.5. The van der Waals surface area contributed by atoms with Crippen LogP contribution in [0.3, 0.4) is 0 Å². The van der Waals surface area contributed by atoms with Crippen molar-refractivity contribution in [3.05, 3.63) is 31.1 Å². The Morgan fingerprint density at radius 2 is 1.61 bits per heavy atom. The number of H-pyrrole nitrogens is 1. The van der Waals surface area contributed by atoms with E-state index in [0.29, 0.717) is 0 Å². The van der Waals surface area contributed by atoms with Crippen molar-refractivity contribution in [3.63, 3.8) is 0 Å². The molecule has 0 aliphatic carbocycles. The van der Waals surface area contributed by atoms with Crippen LogP contribution in [-0.4, -0.2) is 51.0 Å². The maximum atomic E-state index is 10.5. The molecule has 0 fully saturated rings. The molecule has 0 aliphatic rings. The summed E-state index contributed by atoms with van der Waals surface area (Å²) < 4.78 is 18.6. The molecule has 4 aromatic rings. The lowest BCUT2D eigenvalue weighted by Gasteiger charge is -1.97. The van der Waals surface area contributed by atoms with Gasteiger partial charge < -0.3 is 13.7 Å². The van der Waals surface area contributed by atoms with E-state index in [1.165, 1.54) is 0 Å². The molecule has 0 aromatic carbocycles. The SMILES string of the molecule is O=[N+]([O-])/N=c1\[nH]onc1-c1noc(-c2nc(-c3nonc3[N-][N+](=O)[O-])no2)n1. The van der Waals surface area contributed by atoms with Crippen LogP contribution in [0.5, 0.6) is 0 Å². The molecule has 28 heavy (non-hydrogen) atoms. The van der Waals surface area contributed by atoms with Crippen molar-refractivity contribution < 1.29 is 28.4 Å². The quantitative estimate of drug-likeness (QED) is 0.317. The number of hydrogen-bond donors (Lipinski definition) is 1. The summed E-state index contributed by atoms with van der Waals surface area (Å²) in [5.74, 6) is -1.63. The van der Waals surface area contributed by atoms with Gasteiger partial charge in [0, 0.05) is 0 Å². The molecule has 4 aromatic heterocycles. The highest BCUT2D eigenvalue weighted by Gasteiger charge is 2.23. The summed E-state index contributed by atoms with van der Waals surface area (Å²) in [6.07, 6.45) is 0. The van der Waals surface area contributed by atoms with E-state index in [-0.39, 0.29) is 40.3 Å². The first-order valence-corrected chi connectivity index (χ1v) is 6.62. The maximum Gasteiger partial charge on any atom is 0.316 e. The molecule has 0 aliphatic heterocycles. The molecule has 0 saturated carbocycles. The largest absolute Gasteiger partial charge is 0.348 e. The average molecular weight is 393 g/mol. The number of nitrogens with zero attached hydrogens (tertiary/aromatic N) is 11. The smallest absolute Gasteiger partial charge is 0.316 e. The number of hydrogen-bond acceptors (Lipinski definition) is 15. The molecule has 20 nitrogen and oxygen atoms in total. The van der Waals surface area contributed by atoms with Gasteiger partial charge in [0.15, 0.2) is 10.7 Å². The third-order valence-corrected chi connectivity index (χ3v) is 2.79. The van der Waals surface area contributed by atoms with Gasteiger partial charge >= 0.3 is 11.8 Å². The Balaban J connectivity index is 1.65. The van der Waals surface area contributed by atoms with Crippen molar-refractivity contribution in [2.45, 2.75) is 0 Å². The third-order valence-electron chi connectivity index (χ3n) is 2.79. The van der Waals surface area contributed by atoms with Crippen molar-refractivity contribution in [2.24, 2.45) is 5.10 Å². The fraction of sp³-hybridized carbons (Fsp3) is 0. The molecule has 4 rings (SSSR count). The van der Waals surface area contributed by atoms with Crippen LogP contribution < -0.4 is 5.49 Å². The van der Waals surface area contributed by atoms with Gasteiger partial charge in [0.05, 0.1) is 16.0 Å². The number of aromatic nitrogens is 8. The lowest BCUT2D eigenvalue weighted by atomic mass is 10.4. The highest BCUT2D eigenvalue weighted by atomic mass is 16.7. The standard InChI is InChI=1S/C8HN12O8/c21-19(22)11-5-1(13-27-17-5)3-9-7(25-15-3)8-10-4(16-26-8)2-6(12-20(23)24)18-28-14-2/h(H-,11,12,17,18)/q-1. The first kappa shape index (κ1) is 16.4. The van der Waals surface area contributed by atoms with Gasteiger partial charge in [-0.05, 0) is 5.16 Å². The molecule has 4 heterocycles. The third kappa shape index (κ3) is 2.98. The molecule has 142 valence electrons. The summed E-state index contributed by atoms with van der Waals surface area (Å²) in [6.45, 7) is 0.